The standard InChI is InChI=1S/C9H19N/c1-4-5-6-7-8-9(2)10-3/h4-8H2,1-3H3/b10-9-. The number of hydrogen-bond acceptors (Lipinski definition) is 1. The molecule has 0 aromatic rings. The van der Waals surface area contributed by atoms with Gasteiger partial charge in [0.2, 0.25) is 0 Å². The summed E-state index contributed by atoms with van der Waals surface area (Å²) in [4.78, 5) is 4.10. The van der Waals surface area contributed by atoms with Crippen molar-refractivity contribution >= 4 is 5.71 Å². The van der Waals surface area contributed by atoms with Gasteiger partial charge in [-0.15, -0.1) is 0 Å². The van der Waals surface area contributed by atoms with Crippen molar-refractivity contribution in [1.29, 1.82) is 0 Å². The van der Waals surface area contributed by atoms with Gasteiger partial charge in [0, 0.05) is 12.8 Å². The molecule has 0 heterocycles. The number of hydrogen-bond donors (Lipinski definition) is 0. The molecule has 0 saturated heterocycles. The van der Waals surface area contributed by atoms with Crippen LogP contribution in [0.15, 0.2) is 4.99 Å². The molecule has 0 atom stereocenters. The zero-order chi connectivity index (χ0) is 7.82. The second-order valence-electron chi connectivity index (χ2n) is 2.77. The summed E-state index contributed by atoms with van der Waals surface area (Å²) in [7, 11) is 1.87. The van der Waals surface area contributed by atoms with Crippen molar-refractivity contribution < 1.29 is 0 Å². The Morgan fingerprint density at radius 1 is 1.20 bits per heavy atom. The van der Waals surface area contributed by atoms with E-state index in [0.717, 1.165) is 0 Å². The minimum Gasteiger partial charge on any atom is -0.298 e. The minimum atomic E-state index is 1.19. The molecule has 0 fully saturated rings. The molecule has 10 heavy (non-hydrogen) atoms. The van der Waals surface area contributed by atoms with E-state index in [1.165, 1.54) is 37.8 Å². The van der Waals surface area contributed by atoms with Crippen LogP contribution in [0.3, 0.4) is 0 Å². The Bertz CT molecular complexity index is 94.9. The third-order valence-electron chi connectivity index (χ3n) is 1.77. The second-order valence-corrected chi connectivity index (χ2v) is 2.77. The van der Waals surface area contributed by atoms with E-state index in [0.29, 0.717) is 0 Å². The van der Waals surface area contributed by atoms with Crippen LogP contribution >= 0.6 is 0 Å². The average Bonchev–Trinajstić information content (AvgIpc) is 1.98. The Hall–Kier alpha value is -0.330. The first-order chi connectivity index (χ1) is 4.81. The fourth-order valence-corrected chi connectivity index (χ4v) is 0.919. The van der Waals surface area contributed by atoms with Crippen molar-refractivity contribution in [3.8, 4) is 0 Å². The van der Waals surface area contributed by atoms with Gasteiger partial charge in [-0.25, -0.2) is 0 Å². The van der Waals surface area contributed by atoms with Crippen LogP contribution in [0, 0.1) is 0 Å². The van der Waals surface area contributed by atoms with Crippen LogP contribution in [0.1, 0.15) is 46.0 Å². The second kappa shape index (κ2) is 6.79. The van der Waals surface area contributed by atoms with Gasteiger partial charge in [0.1, 0.15) is 0 Å². The lowest BCUT2D eigenvalue weighted by Crippen LogP contribution is -1.90. The molecular formula is C9H19N. The van der Waals surface area contributed by atoms with Gasteiger partial charge in [-0.05, 0) is 19.8 Å². The average molecular weight is 141 g/mol. The lowest BCUT2D eigenvalue weighted by atomic mass is 10.1. The first-order valence-electron chi connectivity index (χ1n) is 4.23. The third-order valence-corrected chi connectivity index (χ3v) is 1.77. The SMILES string of the molecule is CCCCCC/C(C)=N\C. The van der Waals surface area contributed by atoms with Gasteiger partial charge in [-0.3, -0.25) is 4.99 Å². The van der Waals surface area contributed by atoms with E-state index in [-0.39, 0.29) is 0 Å². The normalized spacial score (nSPS) is 12.1. The number of rotatable bonds is 5. The Kier molecular flexibility index (Phi) is 6.56. The van der Waals surface area contributed by atoms with Gasteiger partial charge in [-0.2, -0.15) is 0 Å². The van der Waals surface area contributed by atoms with Crippen molar-refractivity contribution in [3.05, 3.63) is 0 Å². The van der Waals surface area contributed by atoms with Crippen LogP contribution in [0.5, 0.6) is 0 Å². The van der Waals surface area contributed by atoms with Crippen LogP contribution in [-0.2, 0) is 0 Å². The molecule has 0 aromatic heterocycles. The summed E-state index contributed by atoms with van der Waals surface area (Å²) in [5.74, 6) is 0. The molecule has 0 aromatic carbocycles. The predicted octanol–water partition coefficient (Wildman–Crippen LogP) is 3.05. The molecule has 1 heteroatoms. The Balaban J connectivity index is 3.04. The predicted molar refractivity (Wildman–Crippen MR) is 47.8 cm³/mol. The smallest absolute Gasteiger partial charge is 0.0276 e. The molecule has 1 nitrogen and oxygen atoms in total. The van der Waals surface area contributed by atoms with E-state index >= 15 is 0 Å². The summed E-state index contributed by atoms with van der Waals surface area (Å²) < 4.78 is 0. The van der Waals surface area contributed by atoms with Gasteiger partial charge >= 0.3 is 0 Å². The Labute approximate surface area is 64.6 Å². The van der Waals surface area contributed by atoms with E-state index in [4.69, 9.17) is 0 Å². The fourth-order valence-electron chi connectivity index (χ4n) is 0.919. The maximum Gasteiger partial charge on any atom is 0.0276 e. The van der Waals surface area contributed by atoms with E-state index in [1.807, 2.05) is 7.05 Å². The summed E-state index contributed by atoms with van der Waals surface area (Å²) in [6.45, 7) is 4.34. The van der Waals surface area contributed by atoms with Crippen LogP contribution in [-0.4, -0.2) is 12.8 Å². The maximum atomic E-state index is 4.10. The van der Waals surface area contributed by atoms with Crippen molar-refractivity contribution in [3.63, 3.8) is 0 Å². The van der Waals surface area contributed by atoms with Gasteiger partial charge < -0.3 is 0 Å². The number of aliphatic imine (C=N–C) groups is 1. The van der Waals surface area contributed by atoms with Gasteiger partial charge in [0.25, 0.3) is 0 Å². The lowest BCUT2D eigenvalue weighted by molar-refractivity contribution is 0.682. The van der Waals surface area contributed by atoms with Crippen molar-refractivity contribution in [2.24, 2.45) is 4.99 Å². The van der Waals surface area contributed by atoms with Crippen molar-refractivity contribution in [1.82, 2.24) is 0 Å². The Morgan fingerprint density at radius 2 is 1.90 bits per heavy atom. The first kappa shape index (κ1) is 9.67. The summed E-state index contributed by atoms with van der Waals surface area (Å²) in [6, 6.07) is 0. The maximum absolute atomic E-state index is 4.10. The zero-order valence-electron chi connectivity index (χ0n) is 7.48. The van der Waals surface area contributed by atoms with Crippen LogP contribution < -0.4 is 0 Å². The van der Waals surface area contributed by atoms with E-state index in [9.17, 15) is 0 Å². The molecule has 0 amide bonds. The summed E-state index contributed by atoms with van der Waals surface area (Å²) in [6.07, 6.45) is 6.57. The van der Waals surface area contributed by atoms with Gasteiger partial charge in [-0.1, -0.05) is 26.2 Å². The highest BCUT2D eigenvalue weighted by Gasteiger charge is 1.89. The molecule has 0 saturated carbocycles. The Morgan fingerprint density at radius 3 is 2.40 bits per heavy atom. The molecule has 0 aliphatic carbocycles. The monoisotopic (exact) mass is 141 g/mol. The number of nitrogens with zero attached hydrogens (tertiary/aromatic N) is 1. The molecule has 0 aliphatic heterocycles. The molecular weight excluding hydrogens is 122 g/mol. The molecule has 0 unspecified atom stereocenters. The molecule has 0 spiro atoms. The van der Waals surface area contributed by atoms with Crippen molar-refractivity contribution in [2.45, 2.75) is 46.0 Å². The molecule has 0 rings (SSSR count). The first-order valence-corrected chi connectivity index (χ1v) is 4.23. The molecule has 60 valence electrons. The fraction of sp³-hybridized carbons (Fsp3) is 0.889. The minimum absolute atomic E-state index is 1.19. The third kappa shape index (κ3) is 5.80. The highest BCUT2D eigenvalue weighted by Crippen LogP contribution is 2.02. The largest absolute Gasteiger partial charge is 0.298 e. The van der Waals surface area contributed by atoms with E-state index < -0.39 is 0 Å². The molecule has 0 radical (unpaired) electrons. The van der Waals surface area contributed by atoms with Crippen LogP contribution in [0.4, 0.5) is 0 Å². The quantitative estimate of drug-likeness (QED) is 0.412. The van der Waals surface area contributed by atoms with Gasteiger partial charge in [0.15, 0.2) is 0 Å². The molecule has 0 bridgehead atoms. The highest BCUT2D eigenvalue weighted by molar-refractivity contribution is 5.81. The highest BCUT2D eigenvalue weighted by atomic mass is 14.7. The lowest BCUT2D eigenvalue weighted by Gasteiger charge is -1.97. The van der Waals surface area contributed by atoms with Crippen molar-refractivity contribution in [2.75, 3.05) is 7.05 Å². The van der Waals surface area contributed by atoms with Crippen LogP contribution in [0.25, 0.3) is 0 Å². The van der Waals surface area contributed by atoms with E-state index in [1.54, 1.807) is 0 Å². The van der Waals surface area contributed by atoms with Crippen LogP contribution in [0.2, 0.25) is 0 Å². The molecule has 0 N–H and O–H groups in total. The summed E-state index contributed by atoms with van der Waals surface area (Å²) in [5, 5.41) is 0. The van der Waals surface area contributed by atoms with Gasteiger partial charge in [0.05, 0.1) is 0 Å². The van der Waals surface area contributed by atoms with E-state index in [2.05, 4.69) is 18.8 Å². The molecule has 0 aliphatic rings. The zero-order valence-corrected chi connectivity index (χ0v) is 7.48. The summed E-state index contributed by atoms with van der Waals surface area (Å²) in [5.41, 5.74) is 1.29. The summed E-state index contributed by atoms with van der Waals surface area (Å²) >= 11 is 0. The topological polar surface area (TPSA) is 12.4 Å². The number of unbranched alkanes of at least 4 members (excludes halogenated alkanes) is 3.